The number of carbonyl (C=O) groups is 1. The summed E-state index contributed by atoms with van der Waals surface area (Å²) in [5.74, 6) is 2.11. The molecule has 0 spiro atoms. The van der Waals surface area contributed by atoms with E-state index < -0.39 is 0 Å². The Morgan fingerprint density at radius 3 is 2.67 bits per heavy atom. The summed E-state index contributed by atoms with van der Waals surface area (Å²) in [4.78, 5) is 19.1. The van der Waals surface area contributed by atoms with Crippen LogP contribution in [-0.2, 0) is 11.2 Å². The summed E-state index contributed by atoms with van der Waals surface area (Å²) >= 11 is 0. The van der Waals surface area contributed by atoms with Gasteiger partial charge in [-0.15, -0.1) is 0 Å². The lowest BCUT2D eigenvalue weighted by Gasteiger charge is -2.34. The summed E-state index contributed by atoms with van der Waals surface area (Å²) < 4.78 is 10.8. The number of hydrogen-bond acceptors (Lipinski definition) is 5. The molecule has 0 radical (unpaired) electrons. The fraction of sp³-hybridized carbons (Fsp3) is 0.471. The Morgan fingerprint density at radius 1 is 1.29 bits per heavy atom. The largest absolute Gasteiger partial charge is 0.496 e. The first-order chi connectivity index (χ1) is 11.7. The molecular weight excluding hydrogens is 308 g/mol. The van der Waals surface area contributed by atoms with Crippen molar-refractivity contribution >= 4 is 5.91 Å². The van der Waals surface area contributed by atoms with Gasteiger partial charge in [-0.3, -0.25) is 9.89 Å². The van der Waals surface area contributed by atoms with Gasteiger partial charge in [0.05, 0.1) is 26.7 Å². The van der Waals surface area contributed by atoms with Crippen molar-refractivity contribution < 1.29 is 14.3 Å². The standard InChI is InChI=1S/C17H22N4O3/c1-23-14-7-5-8-15(24-2)12(14)10-16(22)21-9-4-3-6-13(21)17-18-11-19-20-17/h5,7-8,11,13H,3-4,6,9-10H2,1-2H3,(H,18,19,20)/t13-/m0/s1. The molecule has 0 unspecified atom stereocenters. The van der Waals surface area contributed by atoms with Gasteiger partial charge in [0.25, 0.3) is 0 Å². The molecule has 24 heavy (non-hydrogen) atoms. The Kier molecular flexibility index (Phi) is 4.98. The molecule has 1 atom stereocenters. The Balaban J connectivity index is 1.83. The molecule has 3 rings (SSSR count). The molecule has 7 heteroatoms. The second-order valence-electron chi connectivity index (χ2n) is 5.79. The second kappa shape index (κ2) is 7.33. The van der Waals surface area contributed by atoms with Crippen molar-refractivity contribution in [3.63, 3.8) is 0 Å². The predicted octanol–water partition coefficient (Wildman–Crippen LogP) is 2.12. The number of H-pyrrole nitrogens is 1. The van der Waals surface area contributed by atoms with Crippen molar-refractivity contribution in [1.82, 2.24) is 20.1 Å². The summed E-state index contributed by atoms with van der Waals surface area (Å²) in [6.45, 7) is 0.724. The number of nitrogens with zero attached hydrogens (tertiary/aromatic N) is 3. The number of nitrogens with one attached hydrogen (secondary N) is 1. The summed E-state index contributed by atoms with van der Waals surface area (Å²) in [5.41, 5.74) is 0.773. The number of benzene rings is 1. The van der Waals surface area contributed by atoms with Crippen molar-refractivity contribution in [3.8, 4) is 11.5 Å². The maximum absolute atomic E-state index is 13.0. The van der Waals surface area contributed by atoms with Gasteiger partial charge in [-0.25, -0.2) is 4.98 Å². The van der Waals surface area contributed by atoms with E-state index in [0.717, 1.165) is 37.2 Å². The summed E-state index contributed by atoms with van der Waals surface area (Å²) in [7, 11) is 3.20. The van der Waals surface area contributed by atoms with E-state index in [0.29, 0.717) is 11.5 Å². The van der Waals surface area contributed by atoms with E-state index in [-0.39, 0.29) is 18.4 Å². The first-order valence-corrected chi connectivity index (χ1v) is 8.09. The van der Waals surface area contributed by atoms with Crippen LogP contribution in [0.15, 0.2) is 24.5 Å². The summed E-state index contributed by atoms with van der Waals surface area (Å²) in [6.07, 6.45) is 4.68. The molecule has 1 fully saturated rings. The summed E-state index contributed by atoms with van der Waals surface area (Å²) in [6, 6.07) is 5.49. The molecule has 7 nitrogen and oxygen atoms in total. The summed E-state index contributed by atoms with van der Waals surface area (Å²) in [5, 5.41) is 6.81. The Hall–Kier alpha value is -2.57. The van der Waals surface area contributed by atoms with Gasteiger partial charge in [0.2, 0.25) is 5.91 Å². The van der Waals surface area contributed by atoms with Gasteiger partial charge in [0.1, 0.15) is 23.7 Å². The third kappa shape index (κ3) is 3.20. The Labute approximate surface area is 141 Å². The van der Waals surface area contributed by atoms with Crippen LogP contribution < -0.4 is 9.47 Å². The molecule has 0 aliphatic carbocycles. The number of aromatic nitrogens is 3. The molecule has 128 valence electrons. The smallest absolute Gasteiger partial charge is 0.227 e. The topological polar surface area (TPSA) is 80.3 Å². The third-order valence-electron chi connectivity index (χ3n) is 4.43. The van der Waals surface area contributed by atoms with E-state index in [1.807, 2.05) is 23.1 Å². The molecule has 0 saturated carbocycles. The zero-order valence-corrected chi connectivity index (χ0v) is 14.0. The number of methoxy groups -OCH3 is 2. The van der Waals surface area contributed by atoms with Gasteiger partial charge in [0, 0.05) is 12.1 Å². The highest BCUT2D eigenvalue weighted by Crippen LogP contribution is 2.32. The van der Waals surface area contributed by atoms with Crippen LogP contribution >= 0.6 is 0 Å². The van der Waals surface area contributed by atoms with Crippen LogP contribution in [0, 0.1) is 0 Å². The minimum atomic E-state index is -0.0468. The Morgan fingerprint density at radius 2 is 2.04 bits per heavy atom. The lowest BCUT2D eigenvalue weighted by atomic mass is 9.99. The van der Waals surface area contributed by atoms with Gasteiger partial charge < -0.3 is 14.4 Å². The third-order valence-corrected chi connectivity index (χ3v) is 4.43. The minimum absolute atomic E-state index is 0.0406. The van der Waals surface area contributed by atoms with Gasteiger partial charge in [-0.2, -0.15) is 5.10 Å². The zero-order chi connectivity index (χ0) is 16.9. The number of rotatable bonds is 5. The highest BCUT2D eigenvalue weighted by atomic mass is 16.5. The number of ether oxygens (including phenoxy) is 2. The normalized spacial score (nSPS) is 17.6. The second-order valence-corrected chi connectivity index (χ2v) is 5.79. The number of piperidine rings is 1. The maximum Gasteiger partial charge on any atom is 0.227 e. The number of amides is 1. The molecule has 2 aromatic rings. The quantitative estimate of drug-likeness (QED) is 0.908. The molecule has 1 N–H and O–H groups in total. The van der Waals surface area contributed by atoms with Gasteiger partial charge >= 0.3 is 0 Å². The molecular formula is C17H22N4O3. The van der Waals surface area contributed by atoms with Gasteiger partial charge in [-0.05, 0) is 31.4 Å². The SMILES string of the molecule is COc1cccc(OC)c1CC(=O)N1CCCC[C@H]1c1ncn[nH]1. The van der Waals surface area contributed by atoms with Crippen LogP contribution in [0.5, 0.6) is 11.5 Å². The fourth-order valence-corrected chi connectivity index (χ4v) is 3.24. The van der Waals surface area contributed by atoms with Crippen molar-refractivity contribution in [2.75, 3.05) is 20.8 Å². The average molecular weight is 330 g/mol. The van der Waals surface area contributed by atoms with Crippen LogP contribution in [0.3, 0.4) is 0 Å². The van der Waals surface area contributed by atoms with E-state index in [2.05, 4.69) is 15.2 Å². The van der Waals surface area contributed by atoms with Crippen molar-refractivity contribution in [1.29, 1.82) is 0 Å². The minimum Gasteiger partial charge on any atom is -0.496 e. The van der Waals surface area contributed by atoms with Crippen molar-refractivity contribution in [3.05, 3.63) is 35.9 Å². The fourth-order valence-electron chi connectivity index (χ4n) is 3.24. The monoisotopic (exact) mass is 330 g/mol. The van der Waals surface area contributed by atoms with Crippen LogP contribution in [0.4, 0.5) is 0 Å². The van der Waals surface area contributed by atoms with Gasteiger partial charge in [0.15, 0.2) is 0 Å². The van der Waals surface area contributed by atoms with E-state index in [1.165, 1.54) is 6.33 Å². The number of aromatic amines is 1. The number of likely N-dealkylation sites (tertiary alicyclic amines) is 1. The number of hydrogen-bond donors (Lipinski definition) is 1. The van der Waals surface area contributed by atoms with E-state index >= 15 is 0 Å². The number of carbonyl (C=O) groups excluding carboxylic acids is 1. The van der Waals surface area contributed by atoms with Crippen LogP contribution in [-0.4, -0.2) is 46.8 Å². The average Bonchev–Trinajstić information content (AvgIpc) is 3.16. The predicted molar refractivity (Wildman–Crippen MR) is 87.9 cm³/mol. The van der Waals surface area contributed by atoms with E-state index in [1.54, 1.807) is 14.2 Å². The van der Waals surface area contributed by atoms with E-state index in [4.69, 9.17) is 9.47 Å². The van der Waals surface area contributed by atoms with Crippen molar-refractivity contribution in [2.45, 2.75) is 31.7 Å². The van der Waals surface area contributed by atoms with E-state index in [9.17, 15) is 4.79 Å². The molecule has 2 heterocycles. The molecule has 1 amide bonds. The Bertz CT molecular complexity index is 665. The highest BCUT2D eigenvalue weighted by Gasteiger charge is 2.30. The van der Waals surface area contributed by atoms with Crippen LogP contribution in [0.25, 0.3) is 0 Å². The molecule has 1 aliphatic heterocycles. The highest BCUT2D eigenvalue weighted by molar-refractivity contribution is 5.81. The molecule has 0 bridgehead atoms. The van der Waals surface area contributed by atoms with Crippen molar-refractivity contribution in [2.24, 2.45) is 0 Å². The lowest BCUT2D eigenvalue weighted by molar-refractivity contribution is -0.134. The maximum atomic E-state index is 13.0. The van der Waals surface area contributed by atoms with Crippen LogP contribution in [0.1, 0.15) is 36.7 Å². The van der Waals surface area contributed by atoms with Gasteiger partial charge in [-0.1, -0.05) is 6.07 Å². The first-order valence-electron chi connectivity index (χ1n) is 8.09. The zero-order valence-electron chi connectivity index (χ0n) is 14.0. The molecule has 1 saturated heterocycles. The molecule has 1 aromatic heterocycles. The van der Waals surface area contributed by atoms with Crippen LogP contribution in [0.2, 0.25) is 0 Å². The molecule has 1 aromatic carbocycles. The lowest BCUT2D eigenvalue weighted by Crippen LogP contribution is -2.40. The molecule has 1 aliphatic rings. The first kappa shape index (κ1) is 16.3.